The number of methoxy groups -OCH3 is 2. The monoisotopic (exact) mass is 352 g/mol. The van der Waals surface area contributed by atoms with Gasteiger partial charge in [-0.2, -0.15) is 5.26 Å². The molecule has 0 saturated carbocycles. The molecule has 1 fully saturated rings. The molecule has 0 aliphatic carbocycles. The van der Waals surface area contributed by atoms with Crippen LogP contribution in [0.25, 0.3) is 0 Å². The summed E-state index contributed by atoms with van der Waals surface area (Å²) in [6.07, 6.45) is 0.308. The molecular weight excluding hydrogens is 332 g/mol. The molecule has 1 saturated heterocycles. The van der Waals surface area contributed by atoms with Crippen molar-refractivity contribution in [1.82, 2.24) is 4.90 Å². The Hall–Kier alpha value is -3.20. The molecule has 3 rings (SSSR count). The molecule has 2 aromatic carbocycles. The Morgan fingerprint density at radius 1 is 1.15 bits per heavy atom. The highest BCUT2D eigenvalue weighted by atomic mass is 16.6. The Kier molecular flexibility index (Phi) is 5.28. The van der Waals surface area contributed by atoms with Gasteiger partial charge >= 0.3 is 6.09 Å². The van der Waals surface area contributed by atoms with Gasteiger partial charge in [0, 0.05) is 6.54 Å². The predicted molar refractivity (Wildman–Crippen MR) is 95.1 cm³/mol. The Morgan fingerprint density at radius 3 is 2.69 bits per heavy atom. The van der Waals surface area contributed by atoms with E-state index in [4.69, 9.17) is 19.5 Å². The molecule has 0 spiro atoms. The van der Waals surface area contributed by atoms with Crippen molar-refractivity contribution in [1.29, 1.82) is 5.26 Å². The fraction of sp³-hybridized carbons (Fsp3) is 0.300. The minimum atomic E-state index is -0.335. The summed E-state index contributed by atoms with van der Waals surface area (Å²) in [6.45, 7) is 0.747. The van der Waals surface area contributed by atoms with E-state index in [0.29, 0.717) is 36.6 Å². The van der Waals surface area contributed by atoms with Crippen LogP contribution in [-0.4, -0.2) is 37.9 Å². The highest BCUT2D eigenvalue weighted by Crippen LogP contribution is 2.29. The third-order valence-corrected chi connectivity index (χ3v) is 4.40. The molecule has 26 heavy (non-hydrogen) atoms. The molecule has 0 N–H and O–H groups in total. The molecule has 1 amide bonds. The van der Waals surface area contributed by atoms with E-state index in [1.807, 2.05) is 30.3 Å². The second-order valence-electron chi connectivity index (χ2n) is 6.06. The lowest BCUT2D eigenvalue weighted by Crippen LogP contribution is -2.34. The molecule has 6 nitrogen and oxygen atoms in total. The average Bonchev–Trinajstić information content (AvgIpc) is 3.01. The zero-order chi connectivity index (χ0) is 18.5. The van der Waals surface area contributed by atoms with Crippen LogP contribution in [0, 0.1) is 11.3 Å². The summed E-state index contributed by atoms with van der Waals surface area (Å²) >= 11 is 0. The van der Waals surface area contributed by atoms with E-state index in [2.05, 4.69) is 6.07 Å². The fourth-order valence-electron chi connectivity index (χ4n) is 3.07. The van der Waals surface area contributed by atoms with E-state index in [-0.39, 0.29) is 12.1 Å². The third kappa shape index (κ3) is 3.72. The van der Waals surface area contributed by atoms with Crippen LogP contribution in [0.5, 0.6) is 11.5 Å². The zero-order valence-corrected chi connectivity index (χ0v) is 14.8. The molecule has 1 aliphatic rings. The number of amides is 1. The molecule has 134 valence electrons. The summed E-state index contributed by atoms with van der Waals surface area (Å²) in [5.74, 6) is 1.32. The topological polar surface area (TPSA) is 71.8 Å². The molecule has 0 aromatic heterocycles. The SMILES string of the molecule is COc1ccc(CC2COC(=O)N2Cc2cccc(C#N)c2)cc1OC. The quantitative estimate of drug-likeness (QED) is 0.799. The van der Waals surface area contributed by atoms with E-state index < -0.39 is 0 Å². The smallest absolute Gasteiger partial charge is 0.410 e. The molecule has 1 aliphatic heterocycles. The number of nitriles is 1. The first kappa shape index (κ1) is 17.6. The summed E-state index contributed by atoms with van der Waals surface area (Å²) in [4.78, 5) is 13.9. The maximum atomic E-state index is 12.2. The van der Waals surface area contributed by atoms with Gasteiger partial charge in [-0.1, -0.05) is 18.2 Å². The molecule has 0 radical (unpaired) electrons. The molecule has 1 unspecified atom stereocenters. The summed E-state index contributed by atoms with van der Waals surface area (Å²) < 4.78 is 15.8. The maximum Gasteiger partial charge on any atom is 0.410 e. The van der Waals surface area contributed by atoms with Gasteiger partial charge in [0.15, 0.2) is 11.5 Å². The summed E-state index contributed by atoms with van der Waals surface area (Å²) in [6, 6.07) is 15.0. The van der Waals surface area contributed by atoms with E-state index in [1.54, 1.807) is 31.3 Å². The Morgan fingerprint density at radius 2 is 1.96 bits per heavy atom. The van der Waals surface area contributed by atoms with Crippen molar-refractivity contribution in [3.8, 4) is 17.6 Å². The molecule has 6 heteroatoms. The van der Waals surface area contributed by atoms with Gasteiger partial charge in [-0.05, 0) is 41.8 Å². The van der Waals surface area contributed by atoms with Crippen molar-refractivity contribution in [3.63, 3.8) is 0 Å². The third-order valence-electron chi connectivity index (χ3n) is 4.40. The lowest BCUT2D eigenvalue weighted by Gasteiger charge is -2.22. The van der Waals surface area contributed by atoms with Crippen molar-refractivity contribution in [2.24, 2.45) is 0 Å². The first-order valence-corrected chi connectivity index (χ1v) is 8.28. The van der Waals surface area contributed by atoms with Gasteiger partial charge in [-0.25, -0.2) is 4.79 Å². The largest absolute Gasteiger partial charge is 0.493 e. The number of hydrogen-bond donors (Lipinski definition) is 0. The fourth-order valence-corrected chi connectivity index (χ4v) is 3.07. The number of benzene rings is 2. The number of rotatable bonds is 6. The van der Waals surface area contributed by atoms with Gasteiger partial charge in [-0.3, -0.25) is 4.90 Å². The lowest BCUT2D eigenvalue weighted by molar-refractivity contribution is 0.156. The normalized spacial score (nSPS) is 16.1. The van der Waals surface area contributed by atoms with Crippen LogP contribution in [0.15, 0.2) is 42.5 Å². The standard InChI is InChI=1S/C20H20N2O4/c1-24-18-7-6-14(10-19(18)25-2)9-17-13-26-20(23)22(17)12-16-5-3-4-15(8-16)11-21/h3-8,10,17H,9,12-13H2,1-2H3. The van der Waals surface area contributed by atoms with Gasteiger partial charge < -0.3 is 14.2 Å². The first-order chi connectivity index (χ1) is 12.6. The number of carbonyl (C=O) groups is 1. The van der Waals surface area contributed by atoms with Gasteiger partial charge in [0.2, 0.25) is 0 Å². The van der Waals surface area contributed by atoms with E-state index >= 15 is 0 Å². The van der Waals surface area contributed by atoms with Crippen molar-refractivity contribution in [2.75, 3.05) is 20.8 Å². The number of ether oxygens (including phenoxy) is 3. The van der Waals surface area contributed by atoms with Crippen LogP contribution in [0.4, 0.5) is 4.79 Å². The second-order valence-corrected chi connectivity index (χ2v) is 6.06. The molecule has 1 heterocycles. The van der Waals surface area contributed by atoms with Crippen LogP contribution in [0.2, 0.25) is 0 Å². The Labute approximate surface area is 152 Å². The highest BCUT2D eigenvalue weighted by Gasteiger charge is 2.33. The van der Waals surface area contributed by atoms with E-state index in [0.717, 1.165) is 11.1 Å². The highest BCUT2D eigenvalue weighted by molar-refractivity contribution is 5.70. The number of cyclic esters (lactones) is 1. The van der Waals surface area contributed by atoms with Gasteiger partial charge in [0.05, 0.1) is 31.9 Å². The van der Waals surface area contributed by atoms with Gasteiger partial charge in [-0.15, -0.1) is 0 Å². The minimum Gasteiger partial charge on any atom is -0.493 e. The van der Waals surface area contributed by atoms with Gasteiger partial charge in [0.1, 0.15) is 6.61 Å². The van der Waals surface area contributed by atoms with Crippen LogP contribution in [-0.2, 0) is 17.7 Å². The van der Waals surface area contributed by atoms with Crippen molar-refractivity contribution >= 4 is 6.09 Å². The van der Waals surface area contributed by atoms with E-state index in [1.165, 1.54) is 0 Å². The molecular formula is C20H20N2O4. The lowest BCUT2D eigenvalue weighted by atomic mass is 10.0. The molecule has 1 atom stereocenters. The Balaban J connectivity index is 1.76. The zero-order valence-electron chi connectivity index (χ0n) is 14.8. The molecule has 2 aromatic rings. The maximum absolute atomic E-state index is 12.2. The molecule has 0 bridgehead atoms. The van der Waals surface area contributed by atoms with Crippen LogP contribution in [0.1, 0.15) is 16.7 Å². The number of nitrogens with zero attached hydrogens (tertiary/aromatic N) is 2. The average molecular weight is 352 g/mol. The number of carbonyl (C=O) groups excluding carboxylic acids is 1. The summed E-state index contributed by atoms with van der Waals surface area (Å²) in [5, 5.41) is 9.04. The minimum absolute atomic E-state index is 0.0775. The van der Waals surface area contributed by atoms with E-state index in [9.17, 15) is 4.79 Å². The van der Waals surface area contributed by atoms with Crippen LogP contribution in [0.3, 0.4) is 0 Å². The Bertz CT molecular complexity index is 844. The van der Waals surface area contributed by atoms with Crippen LogP contribution < -0.4 is 9.47 Å². The summed E-state index contributed by atoms with van der Waals surface area (Å²) in [7, 11) is 3.19. The summed E-state index contributed by atoms with van der Waals surface area (Å²) in [5.41, 5.74) is 2.51. The number of hydrogen-bond acceptors (Lipinski definition) is 5. The predicted octanol–water partition coefficient (Wildman–Crippen LogP) is 3.14. The van der Waals surface area contributed by atoms with Crippen molar-refractivity contribution < 1.29 is 19.0 Å². The second kappa shape index (κ2) is 7.79. The van der Waals surface area contributed by atoms with Crippen molar-refractivity contribution in [2.45, 2.75) is 19.0 Å². The van der Waals surface area contributed by atoms with Gasteiger partial charge in [0.25, 0.3) is 0 Å². The van der Waals surface area contributed by atoms with Crippen molar-refractivity contribution in [3.05, 3.63) is 59.2 Å². The van der Waals surface area contributed by atoms with Crippen LogP contribution >= 0.6 is 0 Å². The first-order valence-electron chi connectivity index (χ1n) is 8.28.